The second-order valence-corrected chi connectivity index (χ2v) is 5.80. The number of rotatable bonds is 4. The Morgan fingerprint density at radius 3 is 2.67 bits per heavy atom. The van der Waals surface area contributed by atoms with Crippen LogP contribution in [-0.4, -0.2) is 25.4 Å². The van der Waals surface area contributed by atoms with Crippen molar-refractivity contribution in [2.75, 3.05) is 0 Å². The molecule has 0 bridgehead atoms. The van der Waals surface area contributed by atoms with Gasteiger partial charge in [0.15, 0.2) is 11.5 Å². The van der Waals surface area contributed by atoms with Crippen LogP contribution < -0.4 is 5.32 Å². The molecule has 2 aromatic heterocycles. The zero-order valence-electron chi connectivity index (χ0n) is 13.2. The highest BCUT2D eigenvalue weighted by atomic mass is 35.5. The molecule has 3 rings (SSSR count). The van der Waals surface area contributed by atoms with Gasteiger partial charge >= 0.3 is 6.18 Å². The van der Waals surface area contributed by atoms with Crippen molar-refractivity contribution in [2.45, 2.75) is 12.7 Å². The predicted octanol–water partition coefficient (Wildman–Crippen LogP) is 3.24. The van der Waals surface area contributed by atoms with E-state index >= 15 is 0 Å². The second-order valence-electron chi connectivity index (χ2n) is 5.36. The Morgan fingerprint density at radius 2 is 2.00 bits per heavy atom. The molecule has 1 N–H and O–H groups in total. The topological polar surface area (TPSA) is 102 Å². The summed E-state index contributed by atoms with van der Waals surface area (Å²) in [6.45, 7) is -0.301. The molecule has 0 aliphatic carbocycles. The van der Waals surface area contributed by atoms with Gasteiger partial charge in [-0.2, -0.15) is 13.2 Å². The van der Waals surface area contributed by atoms with E-state index in [2.05, 4.69) is 15.5 Å². The van der Waals surface area contributed by atoms with Crippen molar-refractivity contribution in [3.63, 3.8) is 0 Å². The van der Waals surface area contributed by atoms with Crippen LogP contribution in [0.4, 0.5) is 18.9 Å². The minimum Gasteiger partial charge on any atom is -0.344 e. The third kappa shape index (κ3) is 3.82. The fraction of sp³-hybridized carbons (Fsp3) is 0.133. The van der Waals surface area contributed by atoms with Crippen molar-refractivity contribution < 1.29 is 22.9 Å². The predicted molar refractivity (Wildman–Crippen MR) is 87.3 cm³/mol. The molecule has 1 aromatic carbocycles. The lowest BCUT2D eigenvalue weighted by molar-refractivity contribution is -0.385. The van der Waals surface area contributed by atoms with Crippen LogP contribution in [0.3, 0.4) is 0 Å². The van der Waals surface area contributed by atoms with Crippen molar-refractivity contribution in [2.24, 2.45) is 0 Å². The van der Waals surface area contributed by atoms with Gasteiger partial charge in [0.1, 0.15) is 5.56 Å². The van der Waals surface area contributed by atoms with Crippen molar-refractivity contribution >= 4 is 28.8 Å². The Kier molecular flexibility index (Phi) is 4.70. The SMILES string of the molecule is O=C(NCc1nnc2ccc(C(F)(F)F)cn12)c1cc(Cl)ccc1[N+](=O)[O-]. The molecule has 0 unspecified atom stereocenters. The third-order valence-electron chi connectivity index (χ3n) is 3.61. The van der Waals surface area contributed by atoms with Crippen molar-refractivity contribution in [3.05, 3.63) is 68.6 Å². The molecule has 0 aliphatic heterocycles. The number of aromatic nitrogens is 3. The van der Waals surface area contributed by atoms with E-state index in [1.807, 2.05) is 0 Å². The quantitative estimate of drug-likeness (QED) is 0.536. The molecule has 27 heavy (non-hydrogen) atoms. The highest BCUT2D eigenvalue weighted by Crippen LogP contribution is 2.29. The van der Waals surface area contributed by atoms with Gasteiger partial charge in [-0.15, -0.1) is 10.2 Å². The van der Waals surface area contributed by atoms with Crippen LogP contribution in [0, 0.1) is 10.1 Å². The maximum absolute atomic E-state index is 12.8. The number of nitro benzene ring substituents is 1. The van der Waals surface area contributed by atoms with Crippen molar-refractivity contribution in [1.29, 1.82) is 0 Å². The summed E-state index contributed by atoms with van der Waals surface area (Å²) < 4.78 is 39.6. The minimum absolute atomic E-state index is 0.0223. The van der Waals surface area contributed by atoms with Gasteiger partial charge < -0.3 is 5.32 Å². The molecule has 2 heterocycles. The van der Waals surface area contributed by atoms with Gasteiger partial charge in [-0.25, -0.2) is 0 Å². The number of benzene rings is 1. The van der Waals surface area contributed by atoms with Gasteiger partial charge in [-0.1, -0.05) is 11.6 Å². The first-order chi connectivity index (χ1) is 12.7. The van der Waals surface area contributed by atoms with Crippen LogP contribution in [0.15, 0.2) is 36.5 Å². The van der Waals surface area contributed by atoms with Crippen molar-refractivity contribution in [3.8, 4) is 0 Å². The molecule has 0 fully saturated rings. The number of carbonyl (C=O) groups excluding carboxylic acids is 1. The Morgan fingerprint density at radius 1 is 1.26 bits per heavy atom. The number of pyridine rings is 1. The number of carbonyl (C=O) groups is 1. The van der Waals surface area contributed by atoms with Gasteiger partial charge in [0, 0.05) is 17.3 Å². The lowest BCUT2D eigenvalue weighted by Gasteiger charge is -2.08. The van der Waals surface area contributed by atoms with Crippen LogP contribution in [0.2, 0.25) is 5.02 Å². The first-order valence-electron chi connectivity index (χ1n) is 7.30. The summed E-state index contributed by atoms with van der Waals surface area (Å²) in [6.07, 6.45) is -3.75. The second kappa shape index (κ2) is 6.83. The molecule has 1 amide bonds. The normalized spacial score (nSPS) is 11.6. The molecule has 0 saturated heterocycles. The molecule has 0 spiro atoms. The molecule has 0 atom stereocenters. The summed E-state index contributed by atoms with van der Waals surface area (Å²) in [6, 6.07) is 5.48. The van der Waals surface area contributed by atoms with Crippen LogP contribution >= 0.6 is 11.6 Å². The van der Waals surface area contributed by atoms with Gasteiger partial charge in [0.25, 0.3) is 11.6 Å². The number of nitro groups is 1. The summed E-state index contributed by atoms with van der Waals surface area (Å²) in [4.78, 5) is 22.6. The lowest BCUT2D eigenvalue weighted by atomic mass is 10.1. The van der Waals surface area contributed by atoms with E-state index in [9.17, 15) is 28.1 Å². The average molecular weight is 400 g/mol. The maximum atomic E-state index is 12.8. The fourth-order valence-corrected chi connectivity index (χ4v) is 2.50. The molecule has 3 aromatic rings. The van der Waals surface area contributed by atoms with E-state index in [-0.39, 0.29) is 28.6 Å². The fourth-order valence-electron chi connectivity index (χ4n) is 2.33. The maximum Gasteiger partial charge on any atom is 0.417 e. The van der Waals surface area contributed by atoms with E-state index in [0.29, 0.717) is 0 Å². The Bertz CT molecular complexity index is 1050. The van der Waals surface area contributed by atoms with E-state index in [1.54, 1.807) is 0 Å². The average Bonchev–Trinajstić information content (AvgIpc) is 3.00. The number of amides is 1. The zero-order valence-corrected chi connectivity index (χ0v) is 14.0. The summed E-state index contributed by atoms with van der Waals surface area (Å²) in [5.74, 6) is -0.804. The van der Waals surface area contributed by atoms with Crippen LogP contribution in [0.25, 0.3) is 5.65 Å². The van der Waals surface area contributed by atoms with Gasteiger partial charge in [0.2, 0.25) is 0 Å². The van der Waals surface area contributed by atoms with Crippen LogP contribution in [0.1, 0.15) is 21.7 Å². The summed E-state index contributed by atoms with van der Waals surface area (Å²) in [5.41, 5.74) is -1.49. The van der Waals surface area contributed by atoms with Gasteiger partial charge in [0.05, 0.1) is 17.0 Å². The minimum atomic E-state index is -4.56. The van der Waals surface area contributed by atoms with Gasteiger partial charge in [-0.3, -0.25) is 19.3 Å². The molecule has 0 saturated carbocycles. The zero-order chi connectivity index (χ0) is 19.8. The molecule has 140 valence electrons. The summed E-state index contributed by atoms with van der Waals surface area (Å²) >= 11 is 5.77. The van der Waals surface area contributed by atoms with E-state index < -0.39 is 28.3 Å². The molecular formula is C15H9ClF3N5O3. The summed E-state index contributed by atoms with van der Waals surface area (Å²) in [5, 5.41) is 21.0. The Balaban J connectivity index is 1.86. The number of halogens is 4. The van der Waals surface area contributed by atoms with Crippen LogP contribution in [-0.2, 0) is 12.7 Å². The van der Waals surface area contributed by atoms with E-state index in [0.717, 1.165) is 34.9 Å². The number of nitrogens with zero attached hydrogens (tertiary/aromatic N) is 4. The Hall–Kier alpha value is -3.21. The third-order valence-corrected chi connectivity index (χ3v) is 3.84. The Labute approximate surface area is 153 Å². The highest BCUT2D eigenvalue weighted by molar-refractivity contribution is 6.31. The van der Waals surface area contributed by atoms with Crippen LogP contribution in [0.5, 0.6) is 0 Å². The van der Waals surface area contributed by atoms with Gasteiger partial charge in [-0.05, 0) is 24.3 Å². The number of alkyl halides is 3. The number of nitrogens with one attached hydrogen (secondary N) is 1. The molecule has 0 radical (unpaired) electrons. The smallest absolute Gasteiger partial charge is 0.344 e. The number of fused-ring (bicyclic) bond motifs is 1. The molecule has 8 nitrogen and oxygen atoms in total. The largest absolute Gasteiger partial charge is 0.417 e. The molecular weight excluding hydrogens is 391 g/mol. The molecule has 12 heteroatoms. The standard InChI is InChI=1S/C15H9ClF3N5O3/c16-9-2-3-11(24(26)27)10(5-9)14(25)20-6-13-22-21-12-4-1-8(7-23(12)13)15(17,18)19/h1-5,7H,6H2,(H,20,25). The van der Waals surface area contributed by atoms with E-state index in [1.165, 1.54) is 6.07 Å². The van der Waals surface area contributed by atoms with E-state index in [4.69, 9.17) is 11.6 Å². The summed E-state index contributed by atoms with van der Waals surface area (Å²) in [7, 11) is 0. The first kappa shape index (κ1) is 18.6. The molecule has 0 aliphatic rings. The lowest BCUT2D eigenvalue weighted by Crippen LogP contribution is -2.25. The van der Waals surface area contributed by atoms with Crippen molar-refractivity contribution in [1.82, 2.24) is 19.9 Å². The monoisotopic (exact) mass is 399 g/mol. The number of hydrogen-bond acceptors (Lipinski definition) is 5. The number of hydrogen-bond donors (Lipinski definition) is 1. The first-order valence-corrected chi connectivity index (χ1v) is 7.67. The highest BCUT2D eigenvalue weighted by Gasteiger charge is 2.31.